The lowest BCUT2D eigenvalue weighted by atomic mass is 9.92. The third kappa shape index (κ3) is 4.26. The van der Waals surface area contributed by atoms with Gasteiger partial charge in [0.15, 0.2) is 0 Å². The minimum Gasteiger partial charge on any atom is -0.444 e. The van der Waals surface area contributed by atoms with Crippen molar-refractivity contribution in [3.05, 3.63) is 77.9 Å². The highest BCUT2D eigenvalue weighted by Crippen LogP contribution is 2.30. The van der Waals surface area contributed by atoms with E-state index >= 15 is 0 Å². The highest BCUT2D eigenvalue weighted by molar-refractivity contribution is 5.89. The van der Waals surface area contributed by atoms with Crippen LogP contribution in [0, 0.1) is 5.92 Å². The van der Waals surface area contributed by atoms with Gasteiger partial charge in [-0.1, -0.05) is 54.6 Å². The van der Waals surface area contributed by atoms with Gasteiger partial charge < -0.3 is 10.5 Å². The lowest BCUT2D eigenvalue weighted by Crippen LogP contribution is -2.39. The number of hydrogen-bond acceptors (Lipinski definition) is 3. The normalized spacial score (nSPS) is 16.5. The molecule has 0 spiro atoms. The molecule has 0 radical (unpaired) electrons. The van der Waals surface area contributed by atoms with Crippen molar-refractivity contribution in [2.75, 3.05) is 11.4 Å². The number of hydrogen-bond donors (Lipinski definition) is 1. The number of carbonyl (C=O) groups excluding carboxylic acids is 2. The fourth-order valence-corrected chi connectivity index (χ4v) is 2.96. The summed E-state index contributed by atoms with van der Waals surface area (Å²) in [5.74, 6) is -0.469. The number of nitrogens with two attached hydrogens (primary N) is 1. The molecule has 0 saturated heterocycles. The molecule has 1 heterocycles. The topological polar surface area (TPSA) is 72.6 Å². The summed E-state index contributed by atoms with van der Waals surface area (Å²) >= 11 is 0. The maximum absolute atomic E-state index is 12.6. The number of primary amides is 1. The molecule has 1 aliphatic heterocycles. The molecule has 2 N–H and O–H groups in total. The standard InChI is InChI=1S/C20H20N2O3/c21-19(23)11-10-16-12-17-8-4-5-9-18(17)22(13-16)20(24)25-14-15-6-2-1-3-7-15/h1-11,16H,12-14H2,(H2,21,23)/t16-/m1/s1. The van der Waals surface area contributed by atoms with Crippen molar-refractivity contribution in [1.82, 2.24) is 0 Å². The van der Waals surface area contributed by atoms with Gasteiger partial charge in [0.2, 0.25) is 5.91 Å². The van der Waals surface area contributed by atoms with Gasteiger partial charge in [0.05, 0.1) is 5.69 Å². The van der Waals surface area contributed by atoms with Crippen molar-refractivity contribution in [2.24, 2.45) is 11.7 Å². The second-order valence-corrected chi connectivity index (χ2v) is 6.01. The number of para-hydroxylation sites is 1. The molecule has 1 atom stereocenters. The highest BCUT2D eigenvalue weighted by Gasteiger charge is 2.28. The van der Waals surface area contributed by atoms with Gasteiger partial charge >= 0.3 is 6.09 Å². The summed E-state index contributed by atoms with van der Waals surface area (Å²) in [5, 5.41) is 0. The third-order valence-electron chi connectivity index (χ3n) is 4.14. The van der Waals surface area contributed by atoms with E-state index in [4.69, 9.17) is 10.5 Å². The van der Waals surface area contributed by atoms with E-state index in [0.717, 1.165) is 23.2 Å². The molecular weight excluding hydrogens is 316 g/mol. The van der Waals surface area contributed by atoms with E-state index < -0.39 is 12.0 Å². The van der Waals surface area contributed by atoms with Crippen LogP contribution in [-0.2, 0) is 22.6 Å². The Bertz CT molecular complexity index is 787. The molecule has 0 aromatic heterocycles. The Balaban J connectivity index is 1.75. The van der Waals surface area contributed by atoms with Gasteiger partial charge in [-0.15, -0.1) is 0 Å². The van der Waals surface area contributed by atoms with Gasteiger partial charge in [-0.25, -0.2) is 4.79 Å². The van der Waals surface area contributed by atoms with Gasteiger partial charge in [0.1, 0.15) is 6.61 Å². The zero-order chi connectivity index (χ0) is 17.6. The molecular formula is C20H20N2O3. The first-order chi connectivity index (χ1) is 12.1. The van der Waals surface area contributed by atoms with Crippen LogP contribution < -0.4 is 10.6 Å². The molecule has 25 heavy (non-hydrogen) atoms. The number of anilines is 1. The number of fused-ring (bicyclic) bond motifs is 1. The molecule has 2 amide bonds. The van der Waals surface area contributed by atoms with E-state index in [1.165, 1.54) is 6.08 Å². The number of nitrogens with zero attached hydrogens (tertiary/aromatic N) is 1. The number of amides is 2. The average molecular weight is 336 g/mol. The van der Waals surface area contributed by atoms with Crippen LogP contribution in [0.5, 0.6) is 0 Å². The summed E-state index contributed by atoms with van der Waals surface area (Å²) in [5.41, 5.74) is 8.01. The quantitative estimate of drug-likeness (QED) is 0.872. The van der Waals surface area contributed by atoms with E-state index in [1.807, 2.05) is 54.6 Å². The molecule has 2 aromatic carbocycles. The van der Waals surface area contributed by atoms with Gasteiger partial charge in [-0.2, -0.15) is 0 Å². The van der Waals surface area contributed by atoms with Crippen LogP contribution in [0.2, 0.25) is 0 Å². The number of rotatable bonds is 4. The fraction of sp³-hybridized carbons (Fsp3) is 0.200. The maximum atomic E-state index is 12.6. The number of carbonyl (C=O) groups is 2. The molecule has 1 aliphatic rings. The monoisotopic (exact) mass is 336 g/mol. The molecule has 128 valence electrons. The predicted molar refractivity (Wildman–Crippen MR) is 95.9 cm³/mol. The average Bonchev–Trinajstić information content (AvgIpc) is 2.64. The Morgan fingerprint density at radius 1 is 1.12 bits per heavy atom. The van der Waals surface area contributed by atoms with E-state index in [-0.39, 0.29) is 12.5 Å². The SMILES string of the molecule is NC(=O)C=C[C@@H]1Cc2ccccc2N(C(=O)OCc2ccccc2)C1. The lowest BCUT2D eigenvalue weighted by Gasteiger charge is -2.32. The van der Waals surface area contributed by atoms with Crippen molar-refractivity contribution < 1.29 is 14.3 Å². The summed E-state index contributed by atoms with van der Waals surface area (Å²) < 4.78 is 5.47. The molecule has 3 rings (SSSR count). The smallest absolute Gasteiger partial charge is 0.414 e. The molecule has 5 nitrogen and oxygen atoms in total. The molecule has 0 saturated carbocycles. The molecule has 0 fully saturated rings. The van der Waals surface area contributed by atoms with Crippen LogP contribution in [0.3, 0.4) is 0 Å². The Kier molecular flexibility index (Phi) is 5.14. The second kappa shape index (κ2) is 7.66. The first-order valence-electron chi connectivity index (χ1n) is 8.17. The third-order valence-corrected chi connectivity index (χ3v) is 4.14. The van der Waals surface area contributed by atoms with E-state index in [2.05, 4.69) is 0 Å². The Morgan fingerprint density at radius 3 is 2.60 bits per heavy atom. The van der Waals surface area contributed by atoms with Gasteiger partial charge in [-0.05, 0) is 35.6 Å². The van der Waals surface area contributed by atoms with E-state index in [0.29, 0.717) is 6.54 Å². The zero-order valence-electron chi connectivity index (χ0n) is 13.8. The van der Waals surface area contributed by atoms with Crippen molar-refractivity contribution >= 4 is 17.7 Å². The zero-order valence-corrected chi connectivity index (χ0v) is 13.8. The van der Waals surface area contributed by atoms with Crippen LogP contribution in [0.25, 0.3) is 0 Å². The Morgan fingerprint density at radius 2 is 1.84 bits per heavy atom. The van der Waals surface area contributed by atoms with Crippen molar-refractivity contribution in [3.8, 4) is 0 Å². The Hall–Kier alpha value is -3.08. The Labute approximate surface area is 146 Å². The molecule has 5 heteroatoms. The molecule has 0 bridgehead atoms. The first-order valence-corrected chi connectivity index (χ1v) is 8.17. The molecule has 0 aliphatic carbocycles. The van der Waals surface area contributed by atoms with Crippen molar-refractivity contribution in [3.63, 3.8) is 0 Å². The van der Waals surface area contributed by atoms with Crippen LogP contribution in [-0.4, -0.2) is 18.5 Å². The van der Waals surface area contributed by atoms with Gasteiger partial charge in [0, 0.05) is 6.54 Å². The summed E-state index contributed by atoms with van der Waals surface area (Å²) in [6.07, 6.45) is 3.47. The number of benzene rings is 2. The summed E-state index contributed by atoms with van der Waals surface area (Å²) in [6, 6.07) is 17.3. The van der Waals surface area contributed by atoms with E-state index in [1.54, 1.807) is 11.0 Å². The summed E-state index contributed by atoms with van der Waals surface area (Å²) in [6.45, 7) is 0.675. The van der Waals surface area contributed by atoms with Crippen LogP contribution in [0.15, 0.2) is 66.7 Å². The highest BCUT2D eigenvalue weighted by atomic mass is 16.6. The van der Waals surface area contributed by atoms with Gasteiger partial charge in [0.25, 0.3) is 0 Å². The fourth-order valence-electron chi connectivity index (χ4n) is 2.96. The number of ether oxygens (including phenoxy) is 1. The molecule has 2 aromatic rings. The second-order valence-electron chi connectivity index (χ2n) is 6.01. The minimum atomic E-state index is -0.489. The van der Waals surface area contributed by atoms with Crippen LogP contribution in [0.1, 0.15) is 11.1 Å². The predicted octanol–water partition coefficient (Wildman–Crippen LogP) is 3.04. The van der Waals surface area contributed by atoms with Crippen LogP contribution in [0.4, 0.5) is 10.5 Å². The summed E-state index contributed by atoms with van der Waals surface area (Å²) in [7, 11) is 0. The van der Waals surface area contributed by atoms with Crippen LogP contribution >= 0.6 is 0 Å². The molecule has 0 unspecified atom stereocenters. The van der Waals surface area contributed by atoms with Gasteiger partial charge in [-0.3, -0.25) is 9.69 Å². The van der Waals surface area contributed by atoms with Crippen molar-refractivity contribution in [1.29, 1.82) is 0 Å². The maximum Gasteiger partial charge on any atom is 0.414 e. The first kappa shape index (κ1) is 16.8. The summed E-state index contributed by atoms with van der Waals surface area (Å²) in [4.78, 5) is 25.2. The van der Waals surface area contributed by atoms with Crippen molar-refractivity contribution in [2.45, 2.75) is 13.0 Å². The minimum absolute atomic E-state index is 0.0201. The van der Waals surface area contributed by atoms with E-state index in [9.17, 15) is 9.59 Å². The lowest BCUT2D eigenvalue weighted by molar-refractivity contribution is -0.113. The largest absolute Gasteiger partial charge is 0.444 e.